The highest BCUT2D eigenvalue weighted by atomic mass is 16.2. The lowest BCUT2D eigenvalue weighted by molar-refractivity contribution is -0.116. The topological polar surface area (TPSA) is 32.7 Å². The van der Waals surface area contributed by atoms with Crippen LogP contribution in [0.4, 0.5) is 5.69 Å². The van der Waals surface area contributed by atoms with Gasteiger partial charge in [-0.1, -0.05) is 48.5 Å². The first-order valence-corrected chi connectivity index (χ1v) is 6.75. The Balaban J connectivity index is 2.15. The number of hydrogen-bond acceptors (Lipinski definition) is 2. The molecule has 2 aromatic rings. The maximum absolute atomic E-state index is 11.8. The average Bonchev–Trinajstić information content (AvgIpc) is 2.68. The number of anilines is 1. The summed E-state index contributed by atoms with van der Waals surface area (Å²) in [7, 11) is 0. The Kier molecular flexibility index (Phi) is 3.33. The van der Waals surface area contributed by atoms with Crippen LogP contribution in [0.25, 0.3) is 0 Å². The van der Waals surface area contributed by atoms with Gasteiger partial charge in [-0.2, -0.15) is 0 Å². The van der Waals surface area contributed by atoms with E-state index in [1.807, 2.05) is 42.5 Å². The molecule has 0 spiro atoms. The predicted molar refractivity (Wildman–Crippen MR) is 81.4 cm³/mol. The lowest BCUT2D eigenvalue weighted by Crippen LogP contribution is -2.30. The maximum atomic E-state index is 11.8. The number of benzene rings is 2. The van der Waals surface area contributed by atoms with E-state index in [4.69, 9.17) is 4.99 Å². The predicted octanol–water partition coefficient (Wildman–Crippen LogP) is 2.89. The van der Waals surface area contributed by atoms with Gasteiger partial charge in [0, 0.05) is 24.6 Å². The number of benzodiazepines with no additional fused rings is 1. The summed E-state index contributed by atoms with van der Waals surface area (Å²) in [4.78, 5) is 18.3. The van der Waals surface area contributed by atoms with E-state index in [0.29, 0.717) is 13.1 Å². The zero-order valence-electron chi connectivity index (χ0n) is 11.4. The molecule has 1 amide bonds. The maximum Gasteiger partial charge on any atom is 0.223 e. The Morgan fingerprint density at radius 2 is 1.75 bits per heavy atom. The van der Waals surface area contributed by atoms with Crippen LogP contribution in [0.2, 0.25) is 0 Å². The lowest BCUT2D eigenvalue weighted by Gasteiger charge is -2.21. The molecule has 0 N–H and O–H groups in total. The van der Waals surface area contributed by atoms with Crippen molar-refractivity contribution in [2.75, 3.05) is 18.0 Å². The van der Waals surface area contributed by atoms with Crippen LogP contribution in [-0.2, 0) is 4.79 Å². The van der Waals surface area contributed by atoms with Gasteiger partial charge in [-0.25, -0.2) is 0 Å². The van der Waals surface area contributed by atoms with Gasteiger partial charge < -0.3 is 4.90 Å². The van der Waals surface area contributed by atoms with Crippen molar-refractivity contribution in [2.24, 2.45) is 4.99 Å². The van der Waals surface area contributed by atoms with Gasteiger partial charge in [-0.3, -0.25) is 9.79 Å². The molecule has 0 atom stereocenters. The second kappa shape index (κ2) is 5.29. The van der Waals surface area contributed by atoms with Crippen LogP contribution >= 0.6 is 0 Å². The van der Waals surface area contributed by atoms with E-state index in [-0.39, 0.29) is 5.91 Å². The zero-order chi connectivity index (χ0) is 13.9. The second-order valence-corrected chi connectivity index (χ2v) is 4.78. The molecule has 0 radical (unpaired) electrons. The van der Waals surface area contributed by atoms with E-state index < -0.39 is 0 Å². The van der Waals surface area contributed by atoms with Gasteiger partial charge >= 0.3 is 0 Å². The Labute approximate surface area is 118 Å². The van der Waals surface area contributed by atoms with Gasteiger partial charge in [0.25, 0.3) is 0 Å². The van der Waals surface area contributed by atoms with Gasteiger partial charge in [0.1, 0.15) is 0 Å². The van der Waals surface area contributed by atoms with Crippen molar-refractivity contribution in [1.82, 2.24) is 0 Å². The fraction of sp³-hybridized carbons (Fsp3) is 0.176. The molecule has 0 fully saturated rings. The van der Waals surface area contributed by atoms with Crippen LogP contribution in [0.1, 0.15) is 18.1 Å². The summed E-state index contributed by atoms with van der Waals surface area (Å²) in [5, 5.41) is 0. The fourth-order valence-corrected chi connectivity index (χ4v) is 2.55. The minimum Gasteiger partial charge on any atom is -0.310 e. The summed E-state index contributed by atoms with van der Waals surface area (Å²) < 4.78 is 0. The first-order chi connectivity index (χ1) is 9.77. The van der Waals surface area contributed by atoms with Crippen LogP contribution in [0.3, 0.4) is 0 Å². The van der Waals surface area contributed by atoms with E-state index >= 15 is 0 Å². The molecule has 3 rings (SSSR count). The number of rotatable bonds is 1. The van der Waals surface area contributed by atoms with E-state index in [1.54, 1.807) is 11.8 Å². The molecule has 0 unspecified atom stereocenters. The van der Waals surface area contributed by atoms with Crippen molar-refractivity contribution in [2.45, 2.75) is 6.92 Å². The normalized spacial score (nSPS) is 14.2. The fourth-order valence-electron chi connectivity index (χ4n) is 2.55. The molecule has 2 aromatic carbocycles. The smallest absolute Gasteiger partial charge is 0.223 e. The van der Waals surface area contributed by atoms with Crippen LogP contribution in [0.5, 0.6) is 0 Å². The highest BCUT2D eigenvalue weighted by Gasteiger charge is 2.21. The molecular formula is C17H16N2O. The molecule has 0 bridgehead atoms. The second-order valence-electron chi connectivity index (χ2n) is 4.78. The number of fused-ring (bicyclic) bond motifs is 1. The summed E-state index contributed by atoms with van der Waals surface area (Å²) in [6, 6.07) is 18.1. The summed E-state index contributed by atoms with van der Waals surface area (Å²) in [5.41, 5.74) is 4.02. The van der Waals surface area contributed by atoms with E-state index in [2.05, 4.69) is 12.1 Å². The van der Waals surface area contributed by atoms with Crippen molar-refractivity contribution >= 4 is 17.3 Å². The molecule has 1 aliphatic heterocycles. The minimum atomic E-state index is 0.0574. The number of carbonyl (C=O) groups is 1. The molecule has 0 saturated carbocycles. The molecule has 0 saturated heterocycles. The van der Waals surface area contributed by atoms with Crippen LogP contribution in [0, 0.1) is 0 Å². The summed E-state index contributed by atoms with van der Waals surface area (Å²) in [6.07, 6.45) is 0. The number of hydrogen-bond donors (Lipinski definition) is 0. The Morgan fingerprint density at radius 1 is 1.05 bits per heavy atom. The van der Waals surface area contributed by atoms with Crippen LogP contribution in [-0.4, -0.2) is 24.7 Å². The standard InChI is InChI=1S/C17H16N2O/c1-13(20)19-12-11-18-17(14-7-3-2-4-8-14)15-9-5-6-10-16(15)19/h2-10H,11-12H2,1H3. The van der Waals surface area contributed by atoms with E-state index in [9.17, 15) is 4.79 Å². The molecule has 3 heteroatoms. The summed E-state index contributed by atoms with van der Waals surface area (Å²) >= 11 is 0. The largest absolute Gasteiger partial charge is 0.310 e. The molecular weight excluding hydrogens is 248 g/mol. The van der Waals surface area contributed by atoms with Gasteiger partial charge in [-0.05, 0) is 6.07 Å². The zero-order valence-corrected chi connectivity index (χ0v) is 11.4. The number of para-hydroxylation sites is 1. The highest BCUT2D eigenvalue weighted by Crippen LogP contribution is 2.26. The molecule has 100 valence electrons. The van der Waals surface area contributed by atoms with Gasteiger partial charge in [0.15, 0.2) is 0 Å². The molecule has 1 aliphatic rings. The summed E-state index contributed by atoms with van der Waals surface area (Å²) in [6.45, 7) is 2.85. The monoisotopic (exact) mass is 264 g/mol. The van der Waals surface area contributed by atoms with Crippen molar-refractivity contribution in [1.29, 1.82) is 0 Å². The van der Waals surface area contributed by atoms with Crippen molar-refractivity contribution < 1.29 is 4.79 Å². The first-order valence-electron chi connectivity index (χ1n) is 6.75. The first kappa shape index (κ1) is 12.6. The highest BCUT2D eigenvalue weighted by molar-refractivity contribution is 6.17. The third kappa shape index (κ3) is 2.23. The van der Waals surface area contributed by atoms with Crippen LogP contribution < -0.4 is 4.90 Å². The van der Waals surface area contributed by atoms with Gasteiger partial charge in [0.05, 0.1) is 17.9 Å². The number of amides is 1. The van der Waals surface area contributed by atoms with Crippen molar-refractivity contribution in [3.8, 4) is 0 Å². The third-order valence-corrected chi connectivity index (χ3v) is 3.47. The van der Waals surface area contributed by atoms with Gasteiger partial charge in [0.2, 0.25) is 5.91 Å². The SMILES string of the molecule is CC(=O)N1CCN=C(c2ccccc2)c2ccccc21. The molecule has 0 aromatic heterocycles. The average molecular weight is 264 g/mol. The number of carbonyl (C=O) groups excluding carboxylic acids is 1. The van der Waals surface area contributed by atoms with Crippen molar-refractivity contribution in [3.05, 3.63) is 65.7 Å². The lowest BCUT2D eigenvalue weighted by atomic mass is 10.0. The van der Waals surface area contributed by atoms with Crippen LogP contribution in [0.15, 0.2) is 59.6 Å². The molecule has 1 heterocycles. The number of nitrogens with zero attached hydrogens (tertiary/aromatic N) is 2. The number of aliphatic imine (C=N–C) groups is 1. The third-order valence-electron chi connectivity index (χ3n) is 3.47. The molecule has 0 aliphatic carbocycles. The Bertz CT molecular complexity index is 662. The molecule has 20 heavy (non-hydrogen) atoms. The molecule has 3 nitrogen and oxygen atoms in total. The van der Waals surface area contributed by atoms with Gasteiger partial charge in [-0.15, -0.1) is 0 Å². The van der Waals surface area contributed by atoms with Crippen molar-refractivity contribution in [3.63, 3.8) is 0 Å². The van der Waals surface area contributed by atoms with E-state index in [0.717, 1.165) is 22.5 Å². The minimum absolute atomic E-state index is 0.0574. The quantitative estimate of drug-likeness (QED) is 0.779. The Morgan fingerprint density at radius 3 is 2.50 bits per heavy atom. The Hall–Kier alpha value is -2.42. The van der Waals surface area contributed by atoms with E-state index in [1.165, 1.54) is 0 Å². The summed E-state index contributed by atoms with van der Waals surface area (Å²) in [5.74, 6) is 0.0574.